The zero-order chi connectivity index (χ0) is 14.8. The highest BCUT2D eigenvalue weighted by atomic mass is 79.9. The van der Waals surface area contributed by atoms with Crippen LogP contribution in [-0.4, -0.2) is 23.2 Å². The zero-order valence-corrected chi connectivity index (χ0v) is 13.2. The van der Waals surface area contributed by atoms with Crippen molar-refractivity contribution in [3.05, 3.63) is 33.3 Å². The van der Waals surface area contributed by atoms with E-state index in [1.54, 1.807) is 13.8 Å². The molecule has 0 aliphatic heterocycles. The lowest BCUT2D eigenvalue weighted by atomic mass is 9.92. The van der Waals surface area contributed by atoms with Crippen molar-refractivity contribution in [1.29, 1.82) is 0 Å². The topological polar surface area (TPSA) is 72.5 Å². The van der Waals surface area contributed by atoms with Crippen LogP contribution in [0.1, 0.15) is 36.6 Å². The largest absolute Gasteiger partial charge is 0.387 e. The maximum Gasteiger partial charge on any atom is 0.243 e. The Labute approximate surface area is 122 Å². The van der Waals surface area contributed by atoms with Crippen molar-refractivity contribution < 1.29 is 14.6 Å². The second-order valence-electron chi connectivity index (χ2n) is 5.28. The van der Waals surface area contributed by atoms with Crippen molar-refractivity contribution in [2.75, 3.05) is 6.61 Å². The zero-order valence-electron chi connectivity index (χ0n) is 11.7. The monoisotopic (exact) mass is 329 g/mol. The maximum absolute atomic E-state index is 10.9. The number of aryl methyl sites for hydroxylation is 2. The fourth-order valence-electron chi connectivity index (χ4n) is 2.00. The number of amides is 1. The third-order valence-corrected chi connectivity index (χ3v) is 4.05. The Morgan fingerprint density at radius 3 is 2.26 bits per heavy atom. The number of benzene rings is 1. The second-order valence-corrected chi connectivity index (χ2v) is 6.07. The van der Waals surface area contributed by atoms with E-state index in [9.17, 15) is 9.90 Å². The molecular formula is C14H20BrNO3. The van der Waals surface area contributed by atoms with Gasteiger partial charge in [-0.05, 0) is 44.4 Å². The van der Waals surface area contributed by atoms with Gasteiger partial charge in [0.25, 0.3) is 0 Å². The number of nitrogens with two attached hydrogens (primary N) is 1. The van der Waals surface area contributed by atoms with E-state index in [1.807, 2.05) is 26.0 Å². The lowest BCUT2D eigenvalue weighted by Gasteiger charge is -2.30. The molecule has 19 heavy (non-hydrogen) atoms. The Kier molecular flexibility index (Phi) is 5.12. The van der Waals surface area contributed by atoms with Gasteiger partial charge in [-0.3, -0.25) is 4.79 Å². The summed E-state index contributed by atoms with van der Waals surface area (Å²) in [6.45, 7) is 7.01. The highest BCUT2D eigenvalue weighted by Crippen LogP contribution is 2.33. The van der Waals surface area contributed by atoms with Crippen LogP contribution in [0.2, 0.25) is 0 Å². The summed E-state index contributed by atoms with van der Waals surface area (Å²) in [5.41, 5.74) is 6.91. The Hall–Kier alpha value is -0.910. The summed E-state index contributed by atoms with van der Waals surface area (Å²) in [5, 5.41) is 10.2. The van der Waals surface area contributed by atoms with Crippen molar-refractivity contribution in [1.82, 2.24) is 0 Å². The maximum atomic E-state index is 10.9. The quantitative estimate of drug-likeness (QED) is 0.871. The summed E-state index contributed by atoms with van der Waals surface area (Å²) in [6, 6.07) is 3.86. The van der Waals surface area contributed by atoms with E-state index in [2.05, 4.69) is 15.9 Å². The summed E-state index contributed by atoms with van der Waals surface area (Å²) in [4.78, 5) is 10.9. The van der Waals surface area contributed by atoms with Crippen molar-refractivity contribution >= 4 is 21.8 Å². The van der Waals surface area contributed by atoms with Gasteiger partial charge in [-0.15, -0.1) is 0 Å². The number of hydrogen-bond acceptors (Lipinski definition) is 3. The van der Waals surface area contributed by atoms with E-state index < -0.39 is 17.6 Å². The average molecular weight is 330 g/mol. The first-order chi connectivity index (χ1) is 8.62. The normalized spacial score (nSPS) is 13.4. The summed E-state index contributed by atoms with van der Waals surface area (Å²) >= 11 is 3.50. The predicted octanol–water partition coefficient (Wildman–Crippen LogP) is 2.38. The molecule has 0 heterocycles. The third-order valence-electron chi connectivity index (χ3n) is 2.80. The molecule has 0 aliphatic carbocycles. The Morgan fingerprint density at radius 2 is 1.89 bits per heavy atom. The van der Waals surface area contributed by atoms with Crippen LogP contribution in [-0.2, 0) is 9.53 Å². The van der Waals surface area contributed by atoms with Crippen LogP contribution in [0.3, 0.4) is 0 Å². The first-order valence-electron chi connectivity index (χ1n) is 6.02. The molecule has 0 spiro atoms. The molecule has 1 aromatic carbocycles. The molecule has 4 nitrogen and oxygen atoms in total. The van der Waals surface area contributed by atoms with E-state index in [1.165, 1.54) is 0 Å². The number of halogens is 1. The van der Waals surface area contributed by atoms with Gasteiger partial charge < -0.3 is 15.6 Å². The highest BCUT2D eigenvalue weighted by molar-refractivity contribution is 9.10. The van der Waals surface area contributed by atoms with Crippen LogP contribution in [0.25, 0.3) is 0 Å². The predicted molar refractivity (Wildman–Crippen MR) is 77.8 cm³/mol. The molecule has 0 aliphatic rings. The lowest BCUT2D eigenvalue weighted by Crippen LogP contribution is -2.33. The van der Waals surface area contributed by atoms with Gasteiger partial charge >= 0.3 is 0 Å². The average Bonchev–Trinajstić information content (AvgIpc) is 2.23. The van der Waals surface area contributed by atoms with E-state index >= 15 is 0 Å². The number of ether oxygens (including phenoxy) is 1. The van der Waals surface area contributed by atoms with Gasteiger partial charge in [0.15, 0.2) is 0 Å². The summed E-state index contributed by atoms with van der Waals surface area (Å²) in [7, 11) is 0. The fraction of sp³-hybridized carbons (Fsp3) is 0.500. The van der Waals surface area contributed by atoms with Gasteiger partial charge in [-0.25, -0.2) is 0 Å². The minimum atomic E-state index is -1.11. The lowest BCUT2D eigenvalue weighted by molar-refractivity contribution is -0.133. The van der Waals surface area contributed by atoms with Crippen molar-refractivity contribution in [2.24, 2.45) is 5.73 Å². The van der Waals surface area contributed by atoms with Crippen LogP contribution in [0, 0.1) is 13.8 Å². The number of hydrogen-bond donors (Lipinski definition) is 2. The first kappa shape index (κ1) is 16.1. The number of aliphatic hydroxyl groups is 1. The molecule has 1 unspecified atom stereocenters. The van der Waals surface area contributed by atoms with Crippen LogP contribution < -0.4 is 5.73 Å². The van der Waals surface area contributed by atoms with Gasteiger partial charge in [0.05, 0.1) is 5.60 Å². The van der Waals surface area contributed by atoms with Gasteiger partial charge in [-0.1, -0.05) is 28.1 Å². The minimum Gasteiger partial charge on any atom is -0.387 e. The molecule has 1 aromatic rings. The molecule has 0 saturated heterocycles. The Morgan fingerprint density at radius 1 is 1.42 bits per heavy atom. The van der Waals surface area contributed by atoms with Crippen molar-refractivity contribution in [3.8, 4) is 0 Å². The van der Waals surface area contributed by atoms with Gasteiger partial charge in [-0.2, -0.15) is 0 Å². The van der Waals surface area contributed by atoms with Gasteiger partial charge in [0, 0.05) is 4.47 Å². The Bertz CT molecular complexity index is 457. The summed E-state index contributed by atoms with van der Waals surface area (Å²) in [5.74, 6) is -0.556. The van der Waals surface area contributed by atoms with Crippen molar-refractivity contribution in [3.63, 3.8) is 0 Å². The first-order valence-corrected chi connectivity index (χ1v) is 6.81. The molecule has 1 atom stereocenters. The molecule has 0 saturated carbocycles. The number of rotatable bonds is 5. The third kappa shape index (κ3) is 4.30. The molecule has 0 bridgehead atoms. The number of primary amides is 1. The summed E-state index contributed by atoms with van der Waals surface area (Å²) in [6.07, 6.45) is -0.606. The van der Waals surface area contributed by atoms with Crippen LogP contribution in [0.15, 0.2) is 16.6 Å². The molecule has 0 fully saturated rings. The molecule has 0 aromatic heterocycles. The molecule has 5 heteroatoms. The van der Waals surface area contributed by atoms with Crippen LogP contribution in [0.5, 0.6) is 0 Å². The van der Waals surface area contributed by atoms with Gasteiger partial charge in [0.1, 0.15) is 12.7 Å². The second kappa shape index (κ2) is 6.03. The van der Waals surface area contributed by atoms with E-state index in [0.29, 0.717) is 0 Å². The smallest absolute Gasteiger partial charge is 0.243 e. The molecule has 1 amide bonds. The molecule has 1 rings (SSSR count). The van der Waals surface area contributed by atoms with Gasteiger partial charge in [0.2, 0.25) is 5.91 Å². The molecule has 3 N–H and O–H groups in total. The fourth-order valence-corrected chi connectivity index (χ4v) is 2.23. The number of carbonyl (C=O) groups is 1. The molecular weight excluding hydrogens is 310 g/mol. The van der Waals surface area contributed by atoms with Crippen molar-refractivity contribution in [2.45, 2.75) is 39.4 Å². The van der Waals surface area contributed by atoms with E-state index in [-0.39, 0.29) is 6.61 Å². The SMILES string of the molecule is Cc1cc(C(OCC(N)=O)C(C)(C)O)cc(C)c1Br. The highest BCUT2D eigenvalue weighted by Gasteiger charge is 2.30. The Balaban J connectivity index is 3.14. The van der Waals surface area contributed by atoms with E-state index in [0.717, 1.165) is 21.2 Å². The van der Waals surface area contributed by atoms with E-state index in [4.69, 9.17) is 10.5 Å². The summed E-state index contributed by atoms with van der Waals surface area (Å²) < 4.78 is 6.49. The molecule has 0 radical (unpaired) electrons. The number of carbonyl (C=O) groups excluding carboxylic acids is 1. The standard InChI is InChI=1S/C14H20BrNO3/c1-8-5-10(6-9(2)12(8)15)13(14(3,4)18)19-7-11(16)17/h5-6,13,18H,7H2,1-4H3,(H2,16,17). The van der Waals surface area contributed by atoms with Crippen LogP contribution >= 0.6 is 15.9 Å². The minimum absolute atomic E-state index is 0.219. The molecule has 106 valence electrons. The van der Waals surface area contributed by atoms with Crippen LogP contribution in [0.4, 0.5) is 0 Å².